The van der Waals surface area contributed by atoms with Crippen LogP contribution in [-0.4, -0.2) is 21.5 Å². The van der Waals surface area contributed by atoms with Gasteiger partial charge in [0.25, 0.3) is 5.56 Å². The second-order valence-electron chi connectivity index (χ2n) is 4.13. The van der Waals surface area contributed by atoms with E-state index >= 15 is 0 Å². The van der Waals surface area contributed by atoms with E-state index in [4.69, 9.17) is 16.7 Å². The second-order valence-corrected chi connectivity index (χ2v) is 6.67. The van der Waals surface area contributed by atoms with Gasteiger partial charge in [-0.25, -0.2) is 4.68 Å². The molecule has 5 nitrogen and oxygen atoms in total. The number of halogens is 2. The highest BCUT2D eigenvalue weighted by atomic mass is 79.9. The number of thiophene rings is 1. The third-order valence-corrected chi connectivity index (χ3v) is 4.87. The number of aliphatic hydroxyl groups is 1. The van der Waals surface area contributed by atoms with Gasteiger partial charge in [-0.05, 0) is 35.0 Å². The van der Waals surface area contributed by atoms with Gasteiger partial charge in [0, 0.05) is 4.88 Å². The van der Waals surface area contributed by atoms with E-state index in [1.807, 2.05) is 19.1 Å². The van der Waals surface area contributed by atoms with E-state index in [1.54, 1.807) is 6.20 Å². The van der Waals surface area contributed by atoms with Crippen molar-refractivity contribution in [3.05, 3.63) is 42.4 Å². The van der Waals surface area contributed by atoms with Crippen molar-refractivity contribution >= 4 is 44.6 Å². The second kappa shape index (κ2) is 6.71. The van der Waals surface area contributed by atoms with Crippen LogP contribution in [0.25, 0.3) is 0 Å². The van der Waals surface area contributed by atoms with Gasteiger partial charge in [0.2, 0.25) is 0 Å². The van der Waals surface area contributed by atoms with E-state index in [1.165, 1.54) is 16.0 Å². The van der Waals surface area contributed by atoms with E-state index in [0.29, 0.717) is 10.2 Å². The average molecular weight is 379 g/mol. The molecular formula is C12H13BrClN3O2S. The number of nitrogens with one attached hydrogen (secondary N) is 1. The zero-order valence-electron chi connectivity index (χ0n) is 10.6. The van der Waals surface area contributed by atoms with Crippen LogP contribution in [0.5, 0.6) is 0 Å². The van der Waals surface area contributed by atoms with Gasteiger partial charge in [-0.15, -0.1) is 11.3 Å². The SMILES string of the molecule is CC(Nc1cnn(CCO)c(=O)c1Br)c1ccc(Cl)s1. The topological polar surface area (TPSA) is 67.2 Å². The van der Waals surface area contributed by atoms with Crippen LogP contribution in [0.2, 0.25) is 4.34 Å². The van der Waals surface area contributed by atoms with Gasteiger partial charge in [-0.2, -0.15) is 5.10 Å². The summed E-state index contributed by atoms with van der Waals surface area (Å²) in [4.78, 5) is 13.1. The van der Waals surface area contributed by atoms with Crippen molar-refractivity contribution < 1.29 is 5.11 Å². The number of aromatic nitrogens is 2. The third-order valence-electron chi connectivity index (χ3n) is 2.69. The van der Waals surface area contributed by atoms with Gasteiger partial charge in [0.15, 0.2) is 0 Å². The lowest BCUT2D eigenvalue weighted by atomic mass is 10.2. The fourth-order valence-corrected chi connectivity index (χ4v) is 3.17. The molecule has 1 unspecified atom stereocenters. The number of hydrogen-bond acceptors (Lipinski definition) is 5. The first-order chi connectivity index (χ1) is 9.52. The third kappa shape index (κ3) is 3.41. The maximum Gasteiger partial charge on any atom is 0.283 e. The van der Waals surface area contributed by atoms with Crippen molar-refractivity contribution in [3.8, 4) is 0 Å². The number of nitrogens with zero attached hydrogens (tertiary/aromatic N) is 2. The Balaban J connectivity index is 2.22. The van der Waals surface area contributed by atoms with Crippen molar-refractivity contribution in [2.45, 2.75) is 19.5 Å². The molecule has 0 amide bonds. The summed E-state index contributed by atoms with van der Waals surface area (Å²) in [6.07, 6.45) is 1.56. The summed E-state index contributed by atoms with van der Waals surface area (Å²) < 4.78 is 2.33. The monoisotopic (exact) mass is 377 g/mol. The maximum atomic E-state index is 12.0. The lowest BCUT2D eigenvalue weighted by molar-refractivity contribution is 0.266. The summed E-state index contributed by atoms with van der Waals surface area (Å²) in [7, 11) is 0. The molecule has 1 atom stereocenters. The zero-order valence-corrected chi connectivity index (χ0v) is 13.8. The molecule has 2 heterocycles. The van der Waals surface area contributed by atoms with Crippen LogP contribution in [0, 0.1) is 0 Å². The van der Waals surface area contributed by atoms with Gasteiger partial charge >= 0.3 is 0 Å². The Morgan fingerprint density at radius 3 is 2.95 bits per heavy atom. The first kappa shape index (κ1) is 15.5. The van der Waals surface area contributed by atoms with Crippen LogP contribution in [0.1, 0.15) is 17.8 Å². The van der Waals surface area contributed by atoms with Crippen molar-refractivity contribution in [1.29, 1.82) is 0 Å². The van der Waals surface area contributed by atoms with Crippen LogP contribution in [-0.2, 0) is 6.54 Å². The lowest BCUT2D eigenvalue weighted by Crippen LogP contribution is -2.26. The number of anilines is 1. The molecule has 0 bridgehead atoms. The van der Waals surface area contributed by atoms with E-state index < -0.39 is 0 Å². The van der Waals surface area contributed by atoms with E-state index in [0.717, 1.165) is 9.21 Å². The Labute approximate surface area is 133 Å². The summed E-state index contributed by atoms with van der Waals surface area (Å²) in [5.41, 5.74) is 0.335. The molecule has 0 spiro atoms. The molecule has 0 aliphatic heterocycles. The van der Waals surface area contributed by atoms with Crippen molar-refractivity contribution in [1.82, 2.24) is 9.78 Å². The molecule has 2 aromatic heterocycles. The van der Waals surface area contributed by atoms with Gasteiger partial charge in [-0.1, -0.05) is 11.6 Å². The average Bonchev–Trinajstić information content (AvgIpc) is 2.85. The predicted molar refractivity (Wildman–Crippen MR) is 84.6 cm³/mol. The molecule has 0 radical (unpaired) electrons. The molecule has 20 heavy (non-hydrogen) atoms. The maximum absolute atomic E-state index is 12.0. The Kier molecular flexibility index (Phi) is 5.20. The van der Waals surface area contributed by atoms with Gasteiger partial charge in [0.1, 0.15) is 4.47 Å². The summed E-state index contributed by atoms with van der Waals surface area (Å²) in [5, 5.41) is 16.1. The van der Waals surface area contributed by atoms with E-state index in [-0.39, 0.29) is 24.8 Å². The number of aliphatic hydroxyl groups excluding tert-OH is 1. The summed E-state index contributed by atoms with van der Waals surface area (Å²) in [6, 6.07) is 3.80. The molecular weight excluding hydrogens is 366 g/mol. The molecule has 0 aromatic carbocycles. The van der Waals surface area contributed by atoms with Crippen LogP contribution in [0.3, 0.4) is 0 Å². The van der Waals surface area contributed by atoms with Crippen molar-refractivity contribution in [3.63, 3.8) is 0 Å². The molecule has 2 aromatic rings. The van der Waals surface area contributed by atoms with E-state index in [9.17, 15) is 4.79 Å². The van der Waals surface area contributed by atoms with Gasteiger partial charge in [-0.3, -0.25) is 4.79 Å². The minimum atomic E-state index is -0.277. The minimum Gasteiger partial charge on any atom is -0.394 e. The Bertz CT molecular complexity index is 658. The highest BCUT2D eigenvalue weighted by Crippen LogP contribution is 2.30. The summed E-state index contributed by atoms with van der Waals surface area (Å²) in [6.45, 7) is 2.03. The quantitative estimate of drug-likeness (QED) is 0.839. The molecule has 0 saturated heterocycles. The molecule has 108 valence electrons. The zero-order chi connectivity index (χ0) is 14.7. The van der Waals surface area contributed by atoms with Gasteiger partial charge in [0.05, 0.1) is 35.4 Å². The molecule has 0 saturated carbocycles. The number of hydrogen-bond donors (Lipinski definition) is 2. The lowest BCUT2D eigenvalue weighted by Gasteiger charge is -2.15. The predicted octanol–water partition coefficient (Wildman–Crippen LogP) is 2.89. The Hall–Kier alpha value is -0.890. The normalized spacial score (nSPS) is 12.4. The van der Waals surface area contributed by atoms with Crippen LogP contribution in [0.4, 0.5) is 5.69 Å². The smallest absolute Gasteiger partial charge is 0.283 e. The molecule has 8 heteroatoms. The van der Waals surface area contributed by atoms with Crippen molar-refractivity contribution in [2.24, 2.45) is 0 Å². The number of rotatable bonds is 5. The fraction of sp³-hybridized carbons (Fsp3) is 0.333. The molecule has 0 aliphatic carbocycles. The standard InChI is InChI=1S/C12H13BrClN3O2S/c1-7(9-2-3-10(14)20-9)16-8-6-15-17(4-5-18)12(19)11(8)13/h2-3,6-7,16,18H,4-5H2,1H3. The van der Waals surface area contributed by atoms with E-state index in [2.05, 4.69) is 26.3 Å². The Morgan fingerprint density at radius 2 is 2.35 bits per heavy atom. The van der Waals surface area contributed by atoms with Crippen LogP contribution in [0.15, 0.2) is 27.6 Å². The molecule has 0 aliphatic rings. The molecule has 2 N–H and O–H groups in total. The highest BCUT2D eigenvalue weighted by Gasteiger charge is 2.13. The Morgan fingerprint density at radius 1 is 1.60 bits per heavy atom. The van der Waals surface area contributed by atoms with Crippen LogP contribution >= 0.6 is 38.9 Å². The fourth-order valence-electron chi connectivity index (χ4n) is 1.69. The van der Waals surface area contributed by atoms with Gasteiger partial charge < -0.3 is 10.4 Å². The van der Waals surface area contributed by atoms with Crippen LogP contribution < -0.4 is 10.9 Å². The van der Waals surface area contributed by atoms with Crippen molar-refractivity contribution in [2.75, 3.05) is 11.9 Å². The summed E-state index contributed by atoms with van der Waals surface area (Å²) in [5.74, 6) is 0. The largest absolute Gasteiger partial charge is 0.394 e. The molecule has 2 rings (SSSR count). The first-order valence-corrected chi connectivity index (χ1v) is 7.90. The summed E-state index contributed by atoms with van der Waals surface area (Å²) >= 11 is 10.7. The first-order valence-electron chi connectivity index (χ1n) is 5.91. The minimum absolute atomic E-state index is 0.0127. The molecule has 0 fully saturated rings. The highest BCUT2D eigenvalue weighted by molar-refractivity contribution is 9.10.